The summed E-state index contributed by atoms with van der Waals surface area (Å²) in [6.07, 6.45) is 1.50. The van der Waals surface area contributed by atoms with Gasteiger partial charge in [-0.25, -0.2) is 14.8 Å². The van der Waals surface area contributed by atoms with Gasteiger partial charge in [0.1, 0.15) is 0 Å². The fourth-order valence-corrected chi connectivity index (χ4v) is 1.15. The Morgan fingerprint density at radius 3 is 2.86 bits per heavy atom. The Balaban J connectivity index is 3.07. The molecule has 0 aromatic carbocycles. The van der Waals surface area contributed by atoms with Gasteiger partial charge in [0.05, 0.1) is 11.9 Å². The highest BCUT2D eigenvalue weighted by atomic mass is 16.2. The molecule has 0 aliphatic heterocycles. The largest absolute Gasteiger partial charge is 0.329 e. The van der Waals surface area contributed by atoms with Gasteiger partial charge in [0.25, 0.3) is 5.56 Å². The highest BCUT2D eigenvalue weighted by molar-refractivity contribution is 5.67. The number of aryl methyl sites for hydroxylation is 1. The van der Waals surface area contributed by atoms with Crippen molar-refractivity contribution in [3.05, 3.63) is 32.7 Å². The predicted octanol–water partition coefficient (Wildman–Crippen LogP) is -0.675. The number of nitrogens with zero attached hydrogens (tertiary/aromatic N) is 3. The molecule has 0 saturated heterocycles. The van der Waals surface area contributed by atoms with Crippen LogP contribution in [0, 0.1) is 6.92 Å². The Kier molecular flexibility index (Phi) is 1.70. The first-order valence-corrected chi connectivity index (χ1v) is 4.02. The number of rotatable bonds is 0. The quantitative estimate of drug-likeness (QED) is 0.600. The van der Waals surface area contributed by atoms with Gasteiger partial charge in [-0.3, -0.25) is 14.3 Å². The first-order valence-electron chi connectivity index (χ1n) is 4.02. The van der Waals surface area contributed by atoms with Gasteiger partial charge in [0, 0.05) is 7.05 Å². The van der Waals surface area contributed by atoms with Crippen LogP contribution in [0.2, 0.25) is 0 Å². The minimum atomic E-state index is -0.486. The van der Waals surface area contributed by atoms with E-state index in [0.717, 1.165) is 4.57 Å². The summed E-state index contributed by atoms with van der Waals surface area (Å²) in [5.41, 5.74) is 0.137. The van der Waals surface area contributed by atoms with Crippen molar-refractivity contribution < 1.29 is 0 Å². The summed E-state index contributed by atoms with van der Waals surface area (Å²) in [7, 11) is 1.39. The van der Waals surface area contributed by atoms with Crippen LogP contribution in [0.5, 0.6) is 0 Å². The molecular formula is C8H8N4O2. The van der Waals surface area contributed by atoms with Gasteiger partial charge in [0.15, 0.2) is 11.2 Å². The minimum absolute atomic E-state index is 0.187. The molecular weight excluding hydrogens is 184 g/mol. The van der Waals surface area contributed by atoms with E-state index >= 15 is 0 Å². The van der Waals surface area contributed by atoms with E-state index in [4.69, 9.17) is 0 Å². The summed E-state index contributed by atoms with van der Waals surface area (Å²) in [4.78, 5) is 33.1. The third-order valence-electron chi connectivity index (χ3n) is 1.93. The maximum atomic E-state index is 11.5. The number of H-pyrrole nitrogens is 1. The van der Waals surface area contributed by atoms with Crippen LogP contribution in [0.25, 0.3) is 11.2 Å². The second kappa shape index (κ2) is 2.76. The van der Waals surface area contributed by atoms with Crippen molar-refractivity contribution in [2.45, 2.75) is 6.92 Å². The van der Waals surface area contributed by atoms with E-state index in [1.165, 1.54) is 13.2 Å². The molecule has 0 spiro atoms. The Bertz CT molecular complexity index is 611. The van der Waals surface area contributed by atoms with Crippen molar-refractivity contribution in [1.29, 1.82) is 0 Å². The summed E-state index contributed by atoms with van der Waals surface area (Å²) < 4.78 is 0.969. The summed E-state index contributed by atoms with van der Waals surface area (Å²) in [6.45, 7) is 1.73. The molecule has 0 saturated carbocycles. The normalized spacial score (nSPS) is 10.7. The second-order valence-corrected chi connectivity index (χ2v) is 3.00. The number of hydrogen-bond acceptors (Lipinski definition) is 4. The van der Waals surface area contributed by atoms with Crippen LogP contribution in [-0.2, 0) is 7.05 Å². The number of aromatic amines is 1. The molecule has 0 fully saturated rings. The van der Waals surface area contributed by atoms with Gasteiger partial charge >= 0.3 is 5.69 Å². The zero-order valence-corrected chi connectivity index (χ0v) is 7.74. The molecule has 0 aliphatic carbocycles. The molecule has 72 valence electrons. The molecule has 1 N–H and O–H groups in total. The van der Waals surface area contributed by atoms with Crippen molar-refractivity contribution in [3.8, 4) is 0 Å². The molecule has 2 rings (SSSR count). The average Bonchev–Trinajstić information content (AvgIpc) is 2.16. The lowest BCUT2D eigenvalue weighted by Gasteiger charge is -1.99. The average molecular weight is 192 g/mol. The van der Waals surface area contributed by atoms with Gasteiger partial charge in [-0.1, -0.05) is 0 Å². The first kappa shape index (κ1) is 8.61. The molecule has 0 aliphatic rings. The number of nitrogens with one attached hydrogen (secondary N) is 1. The van der Waals surface area contributed by atoms with Gasteiger partial charge in [-0.2, -0.15) is 0 Å². The SMILES string of the molecule is Cc1cnc2[nH]c(=O)n(C)c(=O)c2n1. The standard InChI is InChI=1S/C8H8N4O2/c1-4-3-9-6-5(10-4)7(13)12(2)8(14)11-6/h3H,1-2H3,(H,9,11,14). The Morgan fingerprint density at radius 1 is 1.43 bits per heavy atom. The lowest BCUT2D eigenvalue weighted by molar-refractivity contribution is 0.785. The molecule has 6 heteroatoms. The summed E-state index contributed by atoms with van der Waals surface area (Å²) in [6, 6.07) is 0. The minimum Gasteiger partial charge on any atom is -0.290 e. The van der Waals surface area contributed by atoms with Gasteiger partial charge in [-0.05, 0) is 6.92 Å². The summed E-state index contributed by atoms with van der Waals surface area (Å²) in [5.74, 6) is 0. The fourth-order valence-electron chi connectivity index (χ4n) is 1.15. The van der Waals surface area contributed by atoms with Crippen molar-refractivity contribution in [3.63, 3.8) is 0 Å². The van der Waals surface area contributed by atoms with Gasteiger partial charge in [0.2, 0.25) is 0 Å². The maximum absolute atomic E-state index is 11.5. The maximum Gasteiger partial charge on any atom is 0.329 e. The third kappa shape index (κ3) is 1.12. The van der Waals surface area contributed by atoms with Crippen LogP contribution in [0.3, 0.4) is 0 Å². The molecule has 0 bridgehead atoms. The summed E-state index contributed by atoms with van der Waals surface area (Å²) in [5, 5.41) is 0. The molecule has 2 aromatic rings. The topological polar surface area (TPSA) is 80.6 Å². The number of fused-ring (bicyclic) bond motifs is 1. The Hall–Kier alpha value is -1.98. The highest BCUT2D eigenvalue weighted by Crippen LogP contribution is 1.97. The van der Waals surface area contributed by atoms with Crippen LogP contribution in [0.15, 0.2) is 15.8 Å². The van der Waals surface area contributed by atoms with Crippen LogP contribution in [0.1, 0.15) is 5.69 Å². The Labute approximate surface area is 78.3 Å². The molecule has 0 radical (unpaired) electrons. The molecule has 2 aromatic heterocycles. The number of hydrogen-bond donors (Lipinski definition) is 1. The van der Waals surface area contributed by atoms with E-state index in [-0.39, 0.29) is 11.2 Å². The highest BCUT2D eigenvalue weighted by Gasteiger charge is 2.06. The molecule has 0 atom stereocenters. The predicted molar refractivity (Wildman–Crippen MR) is 50.1 cm³/mol. The zero-order chi connectivity index (χ0) is 10.3. The Morgan fingerprint density at radius 2 is 2.14 bits per heavy atom. The smallest absolute Gasteiger partial charge is 0.290 e. The van der Waals surface area contributed by atoms with Crippen LogP contribution >= 0.6 is 0 Å². The van der Waals surface area contributed by atoms with Crippen molar-refractivity contribution in [2.75, 3.05) is 0 Å². The second-order valence-electron chi connectivity index (χ2n) is 3.00. The van der Waals surface area contributed by atoms with E-state index in [2.05, 4.69) is 15.0 Å². The van der Waals surface area contributed by atoms with Crippen molar-refractivity contribution >= 4 is 11.2 Å². The molecule has 14 heavy (non-hydrogen) atoms. The number of aromatic nitrogens is 4. The van der Waals surface area contributed by atoms with E-state index in [1.54, 1.807) is 6.92 Å². The van der Waals surface area contributed by atoms with Gasteiger partial charge < -0.3 is 0 Å². The van der Waals surface area contributed by atoms with Crippen LogP contribution in [-0.4, -0.2) is 19.5 Å². The molecule has 0 unspecified atom stereocenters. The van der Waals surface area contributed by atoms with Crippen molar-refractivity contribution in [2.24, 2.45) is 7.05 Å². The van der Waals surface area contributed by atoms with E-state index in [0.29, 0.717) is 5.69 Å². The lowest BCUT2D eigenvalue weighted by atomic mass is 10.4. The lowest BCUT2D eigenvalue weighted by Crippen LogP contribution is -2.33. The third-order valence-corrected chi connectivity index (χ3v) is 1.93. The van der Waals surface area contributed by atoms with Gasteiger partial charge in [-0.15, -0.1) is 0 Å². The first-order chi connectivity index (χ1) is 6.59. The van der Waals surface area contributed by atoms with E-state index < -0.39 is 11.2 Å². The summed E-state index contributed by atoms with van der Waals surface area (Å²) >= 11 is 0. The monoisotopic (exact) mass is 192 g/mol. The van der Waals surface area contributed by atoms with Crippen LogP contribution in [0.4, 0.5) is 0 Å². The van der Waals surface area contributed by atoms with Crippen molar-refractivity contribution in [1.82, 2.24) is 19.5 Å². The van der Waals surface area contributed by atoms with Crippen LogP contribution < -0.4 is 11.2 Å². The fraction of sp³-hybridized carbons (Fsp3) is 0.250. The molecule has 0 amide bonds. The van der Waals surface area contributed by atoms with E-state index in [9.17, 15) is 9.59 Å². The zero-order valence-electron chi connectivity index (χ0n) is 7.74. The molecule has 6 nitrogen and oxygen atoms in total. The molecule has 2 heterocycles. The van der Waals surface area contributed by atoms with E-state index in [1.807, 2.05) is 0 Å².